The number of nitrogens with two attached hydrogens (primary N) is 2. The number of primary amides is 1. The van der Waals surface area contributed by atoms with Crippen LogP contribution in [0.4, 0.5) is 0 Å². The molecule has 7 aliphatic heterocycles. The summed E-state index contributed by atoms with van der Waals surface area (Å²) in [6.07, 6.45) is -20.6. The third-order valence-electron chi connectivity index (χ3n) is 17.9. The highest BCUT2D eigenvalue weighted by molar-refractivity contribution is 6.32. The summed E-state index contributed by atoms with van der Waals surface area (Å²) in [5.74, 6) is -17.4. The summed E-state index contributed by atoms with van der Waals surface area (Å²) < 4.78 is 38.2. The van der Waals surface area contributed by atoms with Crippen molar-refractivity contribution in [2.75, 3.05) is 13.7 Å². The van der Waals surface area contributed by atoms with Crippen LogP contribution >= 0.6 is 23.2 Å². The molecule has 0 saturated carbocycles. The highest BCUT2D eigenvalue weighted by Crippen LogP contribution is 2.50. The van der Waals surface area contributed by atoms with Crippen molar-refractivity contribution in [1.82, 2.24) is 37.2 Å². The molecule has 7 aliphatic rings. The predicted molar refractivity (Wildman–Crippen MR) is 351 cm³/mol. The molecule has 548 valence electrons. The maximum atomic E-state index is 16.0. The van der Waals surface area contributed by atoms with Crippen molar-refractivity contribution in [2.45, 2.75) is 156 Å². The number of likely N-dealkylation sites (N-methyl/N-ethyl adjacent to an activating group) is 1. The number of aliphatic hydroxyl groups is 7. The summed E-state index contributed by atoms with van der Waals surface area (Å²) in [6.45, 7) is 5.56. The average molecular weight is 1470 g/mol. The number of ether oxygens (including phenoxy) is 6. The van der Waals surface area contributed by atoms with Crippen LogP contribution in [0.1, 0.15) is 98.7 Å². The van der Waals surface area contributed by atoms with Gasteiger partial charge >= 0.3 is 5.97 Å². The summed E-state index contributed by atoms with van der Waals surface area (Å²) in [6, 6.07) is -2.01. The predicted octanol–water partition coefficient (Wildman–Crippen LogP) is -0.923. The number of aromatic hydroxyl groups is 3. The van der Waals surface area contributed by atoms with E-state index >= 15 is 14.4 Å². The van der Waals surface area contributed by atoms with E-state index in [-0.39, 0.29) is 35.6 Å². The van der Waals surface area contributed by atoms with Crippen molar-refractivity contribution in [3.05, 3.63) is 117 Å². The standard InChI is InChI=1S/C66H75Cl2N9O25/c1-22(2)12-33(71-5)58(89)75-46-49(82)25-7-10-36(31(67)14-25)98-38-16-27-17-39(54(38)102-65-55(53(86)51(84)40(21-78)100-65)101-41-20-66(4,70)56(87)23(3)97-41)99-37-11-8-26(15-32(37)68)50(83)47-61(92)74-45(64(95)96)30-18-28(79)19-35(81)42(30)29-13-24(6-9-34(29)80)43(59(90)76-47)72-60(91)44(27)73-63(94)48(77-62(46)93)52(85)57(69)88/h6-11,13-19,22-23,33,40-41,43-53,55-56,65,71,78-87H,12,20-21,70H2,1-5H3,(H2,69,88)(H,72,91)(H,73,94)(H,74,92)(H,75,89)(H,76,90)(H,77,93)(H,95,96)/t23-,33+,40+,41-,43+,44+,45-,46+,47-,48-,49+,50+,51+,52?,53-,55+,56+,65-,66-/m0/s1. The van der Waals surface area contributed by atoms with Gasteiger partial charge in [0.1, 0.15) is 89.5 Å². The largest absolute Gasteiger partial charge is 0.508 e. The molecule has 2 fully saturated rings. The number of halogens is 2. The van der Waals surface area contributed by atoms with Gasteiger partial charge in [0.05, 0.1) is 34.9 Å². The Labute approximate surface area is 589 Å². The zero-order chi connectivity index (χ0) is 74.4. The number of aliphatic carboxylic acids is 1. The topological polar surface area (TPSA) is 551 Å². The van der Waals surface area contributed by atoms with Crippen LogP contribution in [0.2, 0.25) is 10.0 Å². The molecule has 7 amide bonds. The fourth-order valence-electron chi connectivity index (χ4n) is 12.5. The quantitative estimate of drug-likeness (QED) is 0.0677. The van der Waals surface area contributed by atoms with Gasteiger partial charge in [0.15, 0.2) is 36.0 Å². The molecular weight excluding hydrogens is 1390 g/mol. The molecule has 12 rings (SSSR count). The van der Waals surface area contributed by atoms with Crippen LogP contribution in [0.15, 0.2) is 78.9 Å². The molecule has 2 saturated heterocycles. The third kappa shape index (κ3) is 15.6. The molecule has 34 nitrogen and oxygen atoms in total. The summed E-state index contributed by atoms with van der Waals surface area (Å²) in [4.78, 5) is 117. The molecule has 19 atom stereocenters. The van der Waals surface area contributed by atoms with Crippen molar-refractivity contribution in [2.24, 2.45) is 17.4 Å². The van der Waals surface area contributed by atoms with E-state index < -0.39 is 247 Å². The van der Waals surface area contributed by atoms with Gasteiger partial charge < -0.3 is 133 Å². The van der Waals surface area contributed by atoms with Crippen LogP contribution < -0.4 is 62.9 Å². The van der Waals surface area contributed by atoms with E-state index in [2.05, 4.69) is 37.2 Å². The van der Waals surface area contributed by atoms with Crippen LogP contribution in [0.25, 0.3) is 11.1 Å². The van der Waals surface area contributed by atoms with Gasteiger partial charge in [0.2, 0.25) is 53.4 Å². The smallest absolute Gasteiger partial charge is 0.330 e. The normalized spacial score (nSPS) is 29.6. The molecule has 0 spiro atoms. The summed E-state index contributed by atoms with van der Waals surface area (Å²) in [5, 5.41) is 142. The number of aliphatic hydroxyl groups excluding tert-OH is 7. The summed E-state index contributed by atoms with van der Waals surface area (Å²) in [7, 11) is 1.44. The molecule has 102 heavy (non-hydrogen) atoms. The minimum Gasteiger partial charge on any atom is -0.508 e. The molecule has 0 aliphatic carbocycles. The highest BCUT2D eigenvalue weighted by atomic mass is 35.5. The zero-order valence-electron chi connectivity index (χ0n) is 54.6. The lowest BCUT2D eigenvalue weighted by Crippen LogP contribution is -2.64. The lowest BCUT2D eigenvalue weighted by atomic mass is 9.86. The molecule has 1 unspecified atom stereocenters. The van der Waals surface area contributed by atoms with Gasteiger partial charge in [-0.2, -0.15) is 0 Å². The van der Waals surface area contributed by atoms with Crippen LogP contribution in [-0.2, 0) is 52.6 Å². The Bertz CT molecular complexity index is 4110. The Morgan fingerprint density at radius 2 is 1.31 bits per heavy atom. The average Bonchev–Trinajstić information content (AvgIpc) is 0.769. The second-order valence-electron chi connectivity index (χ2n) is 25.8. The molecule has 36 heteroatoms. The van der Waals surface area contributed by atoms with Crippen LogP contribution in [0, 0.1) is 5.92 Å². The van der Waals surface area contributed by atoms with E-state index in [9.17, 15) is 80.1 Å². The highest BCUT2D eigenvalue weighted by Gasteiger charge is 2.52. The Kier molecular flexibility index (Phi) is 22.5. The molecule has 11 bridgehead atoms. The number of rotatable bonds is 13. The van der Waals surface area contributed by atoms with Crippen molar-refractivity contribution in [3.8, 4) is 57.1 Å². The minimum absolute atomic E-state index is 0.134. The van der Waals surface area contributed by atoms with Gasteiger partial charge in [-0.15, -0.1) is 0 Å². The minimum atomic E-state index is -2.76. The zero-order valence-corrected chi connectivity index (χ0v) is 56.2. The SMILES string of the molecule is CN[C@H](CC(C)C)C(=O)N[C@H]1C(=O)N[C@@H](C(O)C(N)=O)C(=O)N[C@H]2C(=O)N[C@H]3C(=O)N[C@H](C(=O)N[C@H](C(=O)O)c4cc(O)cc(O)c4-c4cc3ccc4O)[C@H](O)c3ccc(c(Cl)c3)Oc3cc2cc(c3O[C@@H]2O[C@H](CO)[C@@H](O)[C@H](O)[C@H]2O[C@H]2C[C@](C)(N)[C@H](O)[C@H](C)O2)Oc2ccc(cc2Cl)[C@H]1O. The Morgan fingerprint density at radius 1 is 0.716 bits per heavy atom. The van der Waals surface area contributed by atoms with Gasteiger partial charge in [0, 0.05) is 34.7 Å². The number of hydrogen-bond acceptors (Lipinski definition) is 26. The van der Waals surface area contributed by atoms with Crippen molar-refractivity contribution in [3.63, 3.8) is 0 Å². The first kappa shape index (κ1) is 75.4. The van der Waals surface area contributed by atoms with E-state index in [1.54, 1.807) is 13.8 Å². The van der Waals surface area contributed by atoms with E-state index in [1.165, 1.54) is 27.0 Å². The van der Waals surface area contributed by atoms with Gasteiger partial charge in [-0.3, -0.25) is 33.6 Å². The first-order valence-electron chi connectivity index (χ1n) is 31.7. The number of phenols is 3. The number of benzene rings is 5. The molecular formula is C66H75Cl2N9O25. The fourth-order valence-corrected chi connectivity index (χ4v) is 13.0. The van der Waals surface area contributed by atoms with E-state index in [1.807, 2.05) is 0 Å². The Morgan fingerprint density at radius 3 is 1.89 bits per heavy atom. The number of carbonyl (C=O) groups excluding carboxylic acids is 7. The molecule has 7 heterocycles. The number of carboxylic acid groups (broad SMARTS) is 1. The molecule has 5 aromatic rings. The number of fused-ring (bicyclic) bond motifs is 15. The van der Waals surface area contributed by atoms with E-state index in [4.69, 9.17) is 63.1 Å². The summed E-state index contributed by atoms with van der Waals surface area (Å²) in [5.41, 5.74) is 7.59. The fraction of sp³-hybridized carbons (Fsp3) is 0.424. The van der Waals surface area contributed by atoms with Crippen LogP contribution in [-0.4, -0.2) is 202 Å². The van der Waals surface area contributed by atoms with Crippen molar-refractivity contribution >= 4 is 70.5 Å². The molecule has 0 radical (unpaired) electrons. The lowest BCUT2D eigenvalue weighted by molar-refractivity contribution is -0.333. The number of nitrogens with one attached hydrogen (secondary N) is 7. The summed E-state index contributed by atoms with van der Waals surface area (Å²) >= 11 is 14.1. The maximum Gasteiger partial charge on any atom is 0.330 e. The number of amides is 7. The number of phenolic OH excluding ortho intramolecular Hbond substituents is 3. The van der Waals surface area contributed by atoms with Gasteiger partial charge in [-0.25, -0.2) is 4.79 Å². The molecule has 5 aromatic carbocycles. The van der Waals surface area contributed by atoms with Crippen LogP contribution in [0.3, 0.4) is 0 Å². The maximum absolute atomic E-state index is 16.0. The van der Waals surface area contributed by atoms with Crippen molar-refractivity contribution < 1.29 is 123 Å². The van der Waals surface area contributed by atoms with Gasteiger partial charge in [0.25, 0.3) is 0 Å². The first-order chi connectivity index (χ1) is 48.1. The third-order valence-corrected chi connectivity index (χ3v) is 18.5. The molecule has 0 aromatic heterocycles. The Hall–Kier alpha value is -9.24. The first-order valence-corrected chi connectivity index (χ1v) is 32.5. The van der Waals surface area contributed by atoms with E-state index in [0.29, 0.717) is 0 Å². The second kappa shape index (κ2) is 30.4. The second-order valence-corrected chi connectivity index (χ2v) is 26.6. The number of carbonyl (C=O) groups is 8. The monoisotopic (exact) mass is 1460 g/mol. The van der Waals surface area contributed by atoms with Crippen molar-refractivity contribution in [1.29, 1.82) is 0 Å². The Balaban J connectivity index is 1.25. The van der Waals surface area contributed by atoms with Gasteiger partial charge in [-0.1, -0.05) is 55.2 Å². The molecule has 22 N–H and O–H groups in total. The number of carboxylic acids is 1. The van der Waals surface area contributed by atoms with Gasteiger partial charge in [-0.05, 0) is 110 Å². The lowest BCUT2D eigenvalue weighted by Gasteiger charge is -2.47. The number of hydrogen-bond donors (Lipinski definition) is 20. The van der Waals surface area contributed by atoms with Crippen LogP contribution in [0.5, 0.6) is 46.0 Å². The van der Waals surface area contributed by atoms with E-state index in [0.717, 1.165) is 72.8 Å².